The zero-order valence-corrected chi connectivity index (χ0v) is 16.7. The molecule has 1 aromatic carbocycles. The molecule has 0 spiro atoms. The van der Waals surface area contributed by atoms with Gasteiger partial charge in [-0.05, 0) is 42.3 Å². The lowest BCUT2D eigenvalue weighted by Gasteiger charge is -2.35. The van der Waals surface area contributed by atoms with Gasteiger partial charge in [0.25, 0.3) is 0 Å². The number of carbonyl (C=O) groups excluding carboxylic acids is 1. The topological polar surface area (TPSA) is 73.7 Å². The number of anilines is 3. The van der Waals surface area contributed by atoms with E-state index in [1.807, 2.05) is 42.6 Å². The first-order chi connectivity index (χ1) is 14.7. The van der Waals surface area contributed by atoms with Crippen LogP contribution in [0.2, 0.25) is 0 Å². The van der Waals surface area contributed by atoms with E-state index < -0.39 is 0 Å². The second-order valence-electron chi connectivity index (χ2n) is 7.46. The number of aliphatic imine (C=N–C) groups is 1. The third-order valence-electron chi connectivity index (χ3n) is 5.53. The maximum atomic E-state index is 13.2. The van der Waals surface area contributed by atoms with Crippen LogP contribution < -0.4 is 15.1 Å². The number of aromatic nitrogens is 2. The van der Waals surface area contributed by atoms with Gasteiger partial charge in [0, 0.05) is 38.1 Å². The third-order valence-corrected chi connectivity index (χ3v) is 5.53. The molecule has 1 N–H and O–H groups in total. The minimum atomic E-state index is -0.196. The molecule has 5 rings (SSSR count). The van der Waals surface area contributed by atoms with E-state index in [1.54, 1.807) is 24.2 Å². The summed E-state index contributed by atoms with van der Waals surface area (Å²) < 4.78 is 0. The van der Waals surface area contributed by atoms with Gasteiger partial charge in [-0.1, -0.05) is 24.3 Å². The Labute approximate surface area is 175 Å². The fourth-order valence-electron chi connectivity index (χ4n) is 4.17. The van der Waals surface area contributed by atoms with Crippen molar-refractivity contribution in [3.63, 3.8) is 0 Å². The predicted molar refractivity (Wildman–Crippen MR) is 120 cm³/mol. The van der Waals surface area contributed by atoms with Crippen molar-refractivity contribution in [3.8, 4) is 11.3 Å². The lowest BCUT2D eigenvalue weighted by molar-refractivity contribution is 0.254. The van der Waals surface area contributed by atoms with E-state index >= 15 is 0 Å². The van der Waals surface area contributed by atoms with Gasteiger partial charge >= 0.3 is 6.03 Å². The zero-order chi connectivity index (χ0) is 20.5. The van der Waals surface area contributed by atoms with Crippen LogP contribution >= 0.6 is 0 Å². The van der Waals surface area contributed by atoms with Crippen LogP contribution in [0.15, 0.2) is 65.8 Å². The first-order valence-corrected chi connectivity index (χ1v) is 10.0. The fourth-order valence-corrected chi connectivity index (χ4v) is 4.17. The van der Waals surface area contributed by atoms with Gasteiger partial charge in [-0.3, -0.25) is 15.2 Å². The maximum Gasteiger partial charge on any atom is 0.329 e. The zero-order valence-electron chi connectivity index (χ0n) is 16.7. The van der Waals surface area contributed by atoms with E-state index in [2.05, 4.69) is 32.3 Å². The summed E-state index contributed by atoms with van der Waals surface area (Å²) in [5, 5.41) is 2.92. The molecule has 0 unspecified atom stereocenters. The summed E-state index contributed by atoms with van der Waals surface area (Å²) in [6.45, 7) is 1.75. The highest BCUT2D eigenvalue weighted by Crippen LogP contribution is 2.40. The summed E-state index contributed by atoms with van der Waals surface area (Å²) in [5.41, 5.74) is 3.84. The normalized spacial score (nSPS) is 17.3. The number of urea groups is 1. The molecule has 30 heavy (non-hydrogen) atoms. The summed E-state index contributed by atoms with van der Waals surface area (Å²) in [6.07, 6.45) is 4.41. The smallest absolute Gasteiger partial charge is 0.329 e. The van der Waals surface area contributed by atoms with Crippen molar-refractivity contribution in [1.29, 1.82) is 0 Å². The Bertz CT molecular complexity index is 1110. The Kier molecular flexibility index (Phi) is 4.63. The van der Waals surface area contributed by atoms with Crippen molar-refractivity contribution in [2.45, 2.75) is 12.5 Å². The summed E-state index contributed by atoms with van der Waals surface area (Å²) in [6, 6.07) is 17.5. The molecule has 2 aromatic heterocycles. The second kappa shape index (κ2) is 7.59. The monoisotopic (exact) mass is 398 g/mol. The molecule has 0 saturated carbocycles. The van der Waals surface area contributed by atoms with E-state index in [1.165, 1.54) is 0 Å². The van der Waals surface area contributed by atoms with E-state index in [0.717, 1.165) is 42.0 Å². The van der Waals surface area contributed by atoms with Crippen LogP contribution in [0.4, 0.5) is 22.1 Å². The highest BCUT2D eigenvalue weighted by Gasteiger charge is 2.40. The summed E-state index contributed by atoms with van der Waals surface area (Å²) >= 11 is 0. The number of nitrogens with one attached hydrogen (secondary N) is 1. The first kappa shape index (κ1) is 18.3. The number of fused-ring (bicyclic) bond motifs is 4. The van der Waals surface area contributed by atoms with Crippen LogP contribution in [0.3, 0.4) is 0 Å². The van der Waals surface area contributed by atoms with Crippen LogP contribution in [0, 0.1) is 0 Å². The number of nitrogens with zero attached hydrogens (tertiary/aromatic N) is 5. The molecule has 3 aromatic rings. The molecule has 7 nitrogen and oxygen atoms in total. The predicted octanol–water partition coefficient (Wildman–Crippen LogP) is 3.82. The van der Waals surface area contributed by atoms with Gasteiger partial charge in [0.1, 0.15) is 5.82 Å². The highest BCUT2D eigenvalue weighted by molar-refractivity contribution is 6.04. The molecule has 2 aliphatic rings. The van der Waals surface area contributed by atoms with Crippen LogP contribution in [-0.4, -0.2) is 48.4 Å². The second-order valence-corrected chi connectivity index (χ2v) is 7.46. The molecule has 0 radical (unpaired) electrons. The van der Waals surface area contributed by atoms with E-state index in [0.29, 0.717) is 11.6 Å². The quantitative estimate of drug-likeness (QED) is 0.681. The van der Waals surface area contributed by atoms with Crippen LogP contribution in [0.5, 0.6) is 0 Å². The number of hydrogen-bond acceptors (Lipinski definition) is 5. The van der Waals surface area contributed by atoms with Crippen molar-refractivity contribution in [2.75, 3.05) is 35.3 Å². The van der Waals surface area contributed by atoms with Gasteiger partial charge in [0.05, 0.1) is 17.4 Å². The molecule has 150 valence electrons. The highest BCUT2D eigenvalue weighted by atomic mass is 16.2. The van der Waals surface area contributed by atoms with Gasteiger partial charge in [-0.2, -0.15) is 0 Å². The maximum absolute atomic E-state index is 13.2. The van der Waals surface area contributed by atoms with Crippen molar-refractivity contribution in [1.82, 2.24) is 9.97 Å². The van der Waals surface area contributed by atoms with Crippen LogP contribution in [-0.2, 0) is 0 Å². The molecule has 2 amide bonds. The minimum Gasteiger partial charge on any atom is -0.366 e. The molecule has 1 saturated heterocycles. The third kappa shape index (κ3) is 3.28. The Balaban J connectivity index is 1.53. The molecule has 7 heteroatoms. The first-order valence-electron chi connectivity index (χ1n) is 10.0. The average molecular weight is 398 g/mol. The van der Waals surface area contributed by atoms with Gasteiger partial charge in [-0.15, -0.1) is 0 Å². The number of benzene rings is 1. The lowest BCUT2D eigenvalue weighted by atomic mass is 10.1. The van der Waals surface area contributed by atoms with Crippen molar-refractivity contribution >= 4 is 29.6 Å². The Morgan fingerprint density at radius 1 is 1.20 bits per heavy atom. The molecular formula is C23H22N6O. The van der Waals surface area contributed by atoms with Gasteiger partial charge in [-0.25, -0.2) is 14.8 Å². The SMILES string of the molecule is C/N=C\c1cccc(-c2ccc3c(n2)N(C(=O)Nc2ccccn2)[C@H]2CCN3C2)c1. The fraction of sp³-hybridized carbons (Fsp3) is 0.217. The number of hydrogen-bond donors (Lipinski definition) is 1. The van der Waals surface area contributed by atoms with E-state index in [-0.39, 0.29) is 12.1 Å². The Morgan fingerprint density at radius 2 is 2.13 bits per heavy atom. The molecule has 1 atom stereocenters. The lowest BCUT2D eigenvalue weighted by Crippen LogP contribution is -2.48. The standard InChI is InChI=1S/C23H22N6O/c1-24-14-16-5-4-6-17(13-16)19-8-9-20-22(26-19)29(18-10-12-28(20)15-18)23(30)27-21-7-2-3-11-25-21/h2-9,11,13-14,18H,10,12,15H2,1H3,(H,25,27,30)/b24-14-/t18-/m0/s1. The largest absolute Gasteiger partial charge is 0.366 e. The van der Waals surface area contributed by atoms with E-state index in [4.69, 9.17) is 4.98 Å². The molecule has 2 bridgehead atoms. The van der Waals surface area contributed by atoms with Crippen molar-refractivity contribution in [2.24, 2.45) is 4.99 Å². The van der Waals surface area contributed by atoms with Crippen molar-refractivity contribution < 1.29 is 4.79 Å². The number of pyridine rings is 2. The molecule has 0 aliphatic carbocycles. The number of rotatable bonds is 3. The Hall–Kier alpha value is -3.74. The summed E-state index contributed by atoms with van der Waals surface area (Å²) in [4.78, 5) is 30.6. The molecular weight excluding hydrogens is 376 g/mol. The molecule has 4 heterocycles. The summed E-state index contributed by atoms with van der Waals surface area (Å²) in [5.74, 6) is 1.23. The van der Waals surface area contributed by atoms with Gasteiger partial charge in [0.15, 0.2) is 5.82 Å². The molecule has 2 aliphatic heterocycles. The van der Waals surface area contributed by atoms with Gasteiger partial charge < -0.3 is 4.90 Å². The Morgan fingerprint density at radius 3 is 2.97 bits per heavy atom. The molecule has 1 fully saturated rings. The van der Waals surface area contributed by atoms with Crippen molar-refractivity contribution in [3.05, 3.63) is 66.4 Å². The number of carbonyl (C=O) groups is 1. The summed E-state index contributed by atoms with van der Waals surface area (Å²) in [7, 11) is 1.76. The average Bonchev–Trinajstić information content (AvgIpc) is 3.19. The minimum absolute atomic E-state index is 0.0996. The van der Waals surface area contributed by atoms with Crippen LogP contribution in [0.1, 0.15) is 12.0 Å². The van der Waals surface area contributed by atoms with Gasteiger partial charge in [0.2, 0.25) is 0 Å². The van der Waals surface area contributed by atoms with Crippen LogP contribution in [0.25, 0.3) is 11.3 Å². The van der Waals surface area contributed by atoms with E-state index in [9.17, 15) is 4.79 Å². The number of amides is 2.